The fourth-order valence-electron chi connectivity index (χ4n) is 1.63. The fraction of sp³-hybridized carbons (Fsp3) is 0.385. The lowest BCUT2D eigenvalue weighted by molar-refractivity contribution is 0.586. The van der Waals surface area contributed by atoms with Crippen molar-refractivity contribution in [1.29, 1.82) is 0 Å². The van der Waals surface area contributed by atoms with Gasteiger partial charge in [-0.25, -0.2) is 4.68 Å². The molecule has 1 N–H and O–H groups in total. The van der Waals surface area contributed by atoms with Crippen LogP contribution in [0.5, 0.6) is 0 Å². The summed E-state index contributed by atoms with van der Waals surface area (Å²) >= 11 is 0. The Bertz CT molecular complexity index is 488. The van der Waals surface area contributed by atoms with Crippen molar-refractivity contribution in [3.05, 3.63) is 42.0 Å². The van der Waals surface area contributed by atoms with Crippen molar-refractivity contribution in [2.75, 3.05) is 0 Å². The zero-order valence-corrected chi connectivity index (χ0v) is 10.5. The molecular formula is C13H18N4. The number of aromatic nitrogens is 3. The van der Waals surface area contributed by atoms with Crippen molar-refractivity contribution in [2.45, 2.75) is 33.4 Å². The van der Waals surface area contributed by atoms with Gasteiger partial charge in [-0.3, -0.25) is 4.98 Å². The second-order valence-electron chi connectivity index (χ2n) is 4.50. The van der Waals surface area contributed by atoms with E-state index in [1.165, 1.54) is 5.56 Å². The van der Waals surface area contributed by atoms with Gasteiger partial charge in [0.25, 0.3) is 0 Å². The van der Waals surface area contributed by atoms with Crippen LogP contribution in [0, 0.1) is 6.92 Å². The van der Waals surface area contributed by atoms with Crippen LogP contribution < -0.4 is 5.32 Å². The molecule has 2 heterocycles. The lowest BCUT2D eigenvalue weighted by Gasteiger charge is -2.11. The first kappa shape index (κ1) is 11.8. The highest BCUT2D eigenvalue weighted by atomic mass is 15.3. The van der Waals surface area contributed by atoms with Gasteiger partial charge in [-0.2, -0.15) is 5.10 Å². The zero-order chi connectivity index (χ0) is 12.3. The van der Waals surface area contributed by atoms with Crippen molar-refractivity contribution in [1.82, 2.24) is 20.1 Å². The molecule has 0 saturated carbocycles. The molecule has 4 nitrogen and oxygen atoms in total. The maximum absolute atomic E-state index is 4.32. The summed E-state index contributed by atoms with van der Waals surface area (Å²) in [4.78, 5) is 4.17. The summed E-state index contributed by atoms with van der Waals surface area (Å²) in [5.74, 6) is 0. The number of aryl methyl sites for hydroxylation is 1. The average molecular weight is 230 g/mol. The first-order chi connectivity index (χ1) is 8.16. The third-order valence-electron chi connectivity index (χ3n) is 2.55. The van der Waals surface area contributed by atoms with E-state index < -0.39 is 0 Å². The molecule has 0 aliphatic heterocycles. The Morgan fingerprint density at radius 2 is 2.18 bits per heavy atom. The smallest absolute Gasteiger partial charge is 0.0873 e. The molecule has 0 unspecified atom stereocenters. The van der Waals surface area contributed by atoms with Gasteiger partial charge in [0.15, 0.2) is 0 Å². The van der Waals surface area contributed by atoms with E-state index in [-0.39, 0.29) is 0 Å². The molecule has 0 atom stereocenters. The van der Waals surface area contributed by atoms with Crippen LogP contribution >= 0.6 is 0 Å². The van der Waals surface area contributed by atoms with E-state index in [4.69, 9.17) is 0 Å². The van der Waals surface area contributed by atoms with Crippen LogP contribution in [-0.2, 0) is 6.54 Å². The number of hydrogen-bond acceptors (Lipinski definition) is 3. The standard InChI is InChI=1S/C13H18N4/c1-10(2)15-7-12-4-5-14-8-13(12)17-9-11(3)6-16-17/h4-6,8-10,15H,7H2,1-3H3. The second kappa shape index (κ2) is 5.10. The van der Waals surface area contributed by atoms with Gasteiger partial charge < -0.3 is 5.32 Å². The highest BCUT2D eigenvalue weighted by Gasteiger charge is 2.06. The van der Waals surface area contributed by atoms with Crippen LogP contribution in [0.25, 0.3) is 5.69 Å². The molecule has 2 aromatic heterocycles. The normalized spacial score (nSPS) is 11.1. The van der Waals surface area contributed by atoms with E-state index in [9.17, 15) is 0 Å². The van der Waals surface area contributed by atoms with Gasteiger partial charge in [0.1, 0.15) is 0 Å². The molecular weight excluding hydrogens is 212 g/mol. The maximum Gasteiger partial charge on any atom is 0.0873 e. The molecule has 2 aromatic rings. The van der Waals surface area contributed by atoms with Gasteiger partial charge in [-0.05, 0) is 24.1 Å². The summed E-state index contributed by atoms with van der Waals surface area (Å²) in [6.45, 7) is 7.14. The third kappa shape index (κ3) is 2.91. The monoisotopic (exact) mass is 230 g/mol. The third-order valence-corrected chi connectivity index (χ3v) is 2.55. The van der Waals surface area contributed by atoms with E-state index in [0.29, 0.717) is 6.04 Å². The molecule has 0 aliphatic rings. The number of rotatable bonds is 4. The molecule has 0 amide bonds. The molecule has 0 fully saturated rings. The number of pyridine rings is 1. The Hall–Kier alpha value is -1.68. The molecule has 4 heteroatoms. The van der Waals surface area contributed by atoms with Gasteiger partial charge in [0.2, 0.25) is 0 Å². The van der Waals surface area contributed by atoms with Gasteiger partial charge in [0.05, 0.1) is 18.1 Å². The van der Waals surface area contributed by atoms with E-state index in [1.807, 2.05) is 42.5 Å². The summed E-state index contributed by atoms with van der Waals surface area (Å²) in [7, 11) is 0. The predicted molar refractivity (Wildman–Crippen MR) is 68.1 cm³/mol. The molecule has 0 bridgehead atoms. The van der Waals surface area contributed by atoms with Gasteiger partial charge >= 0.3 is 0 Å². The minimum atomic E-state index is 0.468. The summed E-state index contributed by atoms with van der Waals surface area (Å²) in [6.07, 6.45) is 7.53. The fourth-order valence-corrected chi connectivity index (χ4v) is 1.63. The first-order valence-electron chi connectivity index (χ1n) is 5.84. The van der Waals surface area contributed by atoms with Gasteiger partial charge in [0, 0.05) is 25.0 Å². The number of nitrogens with zero attached hydrogens (tertiary/aromatic N) is 3. The Labute approximate surface area is 102 Å². The van der Waals surface area contributed by atoms with Crippen molar-refractivity contribution in [3.8, 4) is 5.69 Å². The highest BCUT2D eigenvalue weighted by Crippen LogP contribution is 2.12. The minimum Gasteiger partial charge on any atom is -0.310 e. The molecule has 0 spiro atoms. The first-order valence-corrected chi connectivity index (χ1v) is 5.84. The van der Waals surface area contributed by atoms with Crippen molar-refractivity contribution < 1.29 is 0 Å². The van der Waals surface area contributed by atoms with Crippen LogP contribution in [0.3, 0.4) is 0 Å². The van der Waals surface area contributed by atoms with Crippen LogP contribution in [-0.4, -0.2) is 20.8 Å². The maximum atomic E-state index is 4.32. The zero-order valence-electron chi connectivity index (χ0n) is 10.5. The van der Waals surface area contributed by atoms with E-state index in [0.717, 1.165) is 17.8 Å². The number of hydrogen-bond donors (Lipinski definition) is 1. The summed E-state index contributed by atoms with van der Waals surface area (Å²) in [5, 5.41) is 7.73. The van der Waals surface area contributed by atoms with Crippen molar-refractivity contribution >= 4 is 0 Å². The SMILES string of the molecule is Cc1cnn(-c2cnccc2CNC(C)C)c1. The molecule has 2 rings (SSSR count). The lowest BCUT2D eigenvalue weighted by Crippen LogP contribution is -2.22. The van der Waals surface area contributed by atoms with Crippen LogP contribution in [0.2, 0.25) is 0 Å². The summed E-state index contributed by atoms with van der Waals surface area (Å²) in [6, 6.07) is 2.50. The second-order valence-corrected chi connectivity index (χ2v) is 4.50. The van der Waals surface area contributed by atoms with Crippen molar-refractivity contribution in [2.24, 2.45) is 0 Å². The predicted octanol–water partition coefficient (Wildman–Crippen LogP) is 2.07. The lowest BCUT2D eigenvalue weighted by atomic mass is 10.2. The van der Waals surface area contributed by atoms with E-state index in [2.05, 4.69) is 29.2 Å². The summed E-state index contributed by atoms with van der Waals surface area (Å²) in [5.41, 5.74) is 3.39. The Balaban J connectivity index is 2.27. The Morgan fingerprint density at radius 3 is 2.82 bits per heavy atom. The number of nitrogens with one attached hydrogen (secondary N) is 1. The van der Waals surface area contributed by atoms with Crippen LogP contribution in [0.15, 0.2) is 30.9 Å². The largest absolute Gasteiger partial charge is 0.310 e. The molecule has 90 valence electrons. The van der Waals surface area contributed by atoms with Gasteiger partial charge in [-0.15, -0.1) is 0 Å². The summed E-state index contributed by atoms with van der Waals surface area (Å²) < 4.78 is 1.87. The van der Waals surface area contributed by atoms with Crippen molar-refractivity contribution in [3.63, 3.8) is 0 Å². The molecule has 0 saturated heterocycles. The minimum absolute atomic E-state index is 0.468. The van der Waals surface area contributed by atoms with E-state index in [1.54, 1.807) is 0 Å². The quantitative estimate of drug-likeness (QED) is 0.874. The van der Waals surface area contributed by atoms with Gasteiger partial charge in [-0.1, -0.05) is 13.8 Å². The van der Waals surface area contributed by atoms with Crippen LogP contribution in [0.1, 0.15) is 25.0 Å². The molecule has 0 aromatic carbocycles. The highest BCUT2D eigenvalue weighted by molar-refractivity contribution is 5.37. The van der Waals surface area contributed by atoms with Crippen LogP contribution in [0.4, 0.5) is 0 Å². The molecule has 0 radical (unpaired) electrons. The molecule has 17 heavy (non-hydrogen) atoms. The average Bonchev–Trinajstić information content (AvgIpc) is 2.73. The Kier molecular flexibility index (Phi) is 3.54. The molecule has 0 aliphatic carbocycles. The Morgan fingerprint density at radius 1 is 1.35 bits per heavy atom. The topological polar surface area (TPSA) is 42.7 Å². The van der Waals surface area contributed by atoms with E-state index >= 15 is 0 Å².